The minimum atomic E-state index is 0.593. The van der Waals surface area contributed by atoms with Crippen LogP contribution >= 0.6 is 0 Å². The van der Waals surface area contributed by atoms with Gasteiger partial charge in [-0.05, 0) is 24.6 Å². The lowest BCUT2D eigenvalue weighted by atomic mass is 10.2. The lowest BCUT2D eigenvalue weighted by Crippen LogP contribution is -1.86. The molecule has 0 bridgehead atoms. The zero-order valence-corrected chi connectivity index (χ0v) is 6.37. The number of aldehydes is 1. The summed E-state index contributed by atoms with van der Waals surface area (Å²) in [6.07, 6.45) is 2.31. The fourth-order valence-electron chi connectivity index (χ4n) is 0.727. The predicted octanol–water partition coefficient (Wildman–Crippen LogP) is 1.93. The Morgan fingerprint density at radius 2 is 2.36 bits per heavy atom. The Morgan fingerprint density at radius 1 is 1.64 bits per heavy atom. The minimum absolute atomic E-state index is 0.593. The van der Waals surface area contributed by atoms with Crippen LogP contribution in [0, 0.1) is 0 Å². The molecule has 2 heteroatoms. The van der Waals surface area contributed by atoms with Gasteiger partial charge in [-0.1, -0.05) is 6.58 Å². The van der Waals surface area contributed by atoms with Gasteiger partial charge in [-0.2, -0.15) is 0 Å². The molecule has 1 heterocycles. The Bertz CT molecular complexity index is 274. The molecule has 0 amide bonds. The third kappa shape index (κ3) is 1.74. The third-order valence-corrected chi connectivity index (χ3v) is 1.36. The lowest BCUT2D eigenvalue weighted by molar-refractivity contribution is 0.112. The van der Waals surface area contributed by atoms with E-state index in [0.29, 0.717) is 5.56 Å². The van der Waals surface area contributed by atoms with E-state index in [1.807, 2.05) is 6.92 Å². The summed E-state index contributed by atoms with van der Waals surface area (Å²) < 4.78 is 0. The molecule has 0 atom stereocenters. The summed E-state index contributed by atoms with van der Waals surface area (Å²) in [5.74, 6) is 0. The van der Waals surface area contributed by atoms with E-state index in [-0.39, 0.29) is 0 Å². The Labute approximate surface area is 65.6 Å². The van der Waals surface area contributed by atoms with Gasteiger partial charge in [-0.25, -0.2) is 0 Å². The van der Waals surface area contributed by atoms with Crippen LogP contribution in [0.1, 0.15) is 23.0 Å². The van der Waals surface area contributed by atoms with Gasteiger partial charge in [0.15, 0.2) is 6.29 Å². The van der Waals surface area contributed by atoms with Gasteiger partial charge in [0.05, 0.1) is 5.69 Å². The van der Waals surface area contributed by atoms with Crippen molar-refractivity contribution in [2.45, 2.75) is 6.92 Å². The molecule has 56 valence electrons. The summed E-state index contributed by atoms with van der Waals surface area (Å²) in [6.45, 7) is 5.61. The van der Waals surface area contributed by atoms with E-state index in [0.717, 1.165) is 17.6 Å². The molecule has 1 rings (SSSR count). The van der Waals surface area contributed by atoms with Gasteiger partial charge < -0.3 is 0 Å². The van der Waals surface area contributed by atoms with Crippen LogP contribution in [0.2, 0.25) is 0 Å². The molecule has 0 aliphatic heterocycles. The fourth-order valence-corrected chi connectivity index (χ4v) is 0.727. The molecule has 0 fully saturated rings. The first kappa shape index (κ1) is 7.66. The standard InChI is InChI=1S/C9H9NO/c1-7(2)9-4-3-8(6-11)5-10-9/h3-6H,1H2,2H3. The summed E-state index contributed by atoms with van der Waals surface area (Å²) in [6, 6.07) is 3.51. The normalized spacial score (nSPS) is 9.18. The summed E-state index contributed by atoms with van der Waals surface area (Å²) in [5.41, 5.74) is 2.33. The number of aromatic nitrogens is 1. The van der Waals surface area contributed by atoms with Crippen molar-refractivity contribution in [3.63, 3.8) is 0 Å². The van der Waals surface area contributed by atoms with Gasteiger partial charge in [0.1, 0.15) is 0 Å². The van der Waals surface area contributed by atoms with Crippen molar-refractivity contribution in [2.75, 3.05) is 0 Å². The van der Waals surface area contributed by atoms with Crippen molar-refractivity contribution in [1.29, 1.82) is 0 Å². The molecule has 0 unspecified atom stereocenters. The maximum absolute atomic E-state index is 10.2. The molecular weight excluding hydrogens is 138 g/mol. The van der Waals surface area contributed by atoms with Crippen molar-refractivity contribution < 1.29 is 4.79 Å². The molecule has 1 aromatic rings. The van der Waals surface area contributed by atoms with Crippen LogP contribution in [0.5, 0.6) is 0 Å². The number of carbonyl (C=O) groups excluding carboxylic acids is 1. The highest BCUT2D eigenvalue weighted by atomic mass is 16.1. The molecule has 0 radical (unpaired) electrons. The fraction of sp³-hybridized carbons (Fsp3) is 0.111. The Kier molecular flexibility index (Phi) is 2.16. The van der Waals surface area contributed by atoms with E-state index in [2.05, 4.69) is 11.6 Å². The molecule has 0 saturated heterocycles. The Hall–Kier alpha value is -1.44. The van der Waals surface area contributed by atoms with Crippen LogP contribution in [0.15, 0.2) is 24.9 Å². The van der Waals surface area contributed by atoms with Crippen LogP contribution in [0.3, 0.4) is 0 Å². The number of hydrogen-bond acceptors (Lipinski definition) is 2. The first-order chi connectivity index (χ1) is 5.24. The Morgan fingerprint density at radius 3 is 2.73 bits per heavy atom. The summed E-state index contributed by atoms with van der Waals surface area (Å²) in [4.78, 5) is 14.2. The number of allylic oxidation sites excluding steroid dienone is 1. The molecule has 11 heavy (non-hydrogen) atoms. The maximum Gasteiger partial charge on any atom is 0.151 e. The third-order valence-electron chi connectivity index (χ3n) is 1.36. The first-order valence-electron chi connectivity index (χ1n) is 3.31. The van der Waals surface area contributed by atoms with Crippen LogP contribution in [0.25, 0.3) is 5.57 Å². The second-order valence-electron chi connectivity index (χ2n) is 2.37. The van der Waals surface area contributed by atoms with Crippen LogP contribution < -0.4 is 0 Å². The van der Waals surface area contributed by atoms with E-state index in [4.69, 9.17) is 0 Å². The average molecular weight is 147 g/mol. The molecule has 0 saturated carbocycles. The quantitative estimate of drug-likeness (QED) is 0.598. The summed E-state index contributed by atoms with van der Waals surface area (Å²) in [5, 5.41) is 0. The van der Waals surface area contributed by atoms with Crippen molar-refractivity contribution in [3.05, 3.63) is 36.2 Å². The highest BCUT2D eigenvalue weighted by Gasteiger charge is 1.93. The van der Waals surface area contributed by atoms with E-state index >= 15 is 0 Å². The van der Waals surface area contributed by atoms with Crippen molar-refractivity contribution in [2.24, 2.45) is 0 Å². The molecule has 0 aliphatic carbocycles. The zero-order chi connectivity index (χ0) is 8.27. The molecule has 1 aromatic heterocycles. The number of nitrogens with zero attached hydrogens (tertiary/aromatic N) is 1. The molecule has 2 nitrogen and oxygen atoms in total. The van der Waals surface area contributed by atoms with Crippen molar-refractivity contribution >= 4 is 11.9 Å². The number of rotatable bonds is 2. The van der Waals surface area contributed by atoms with Gasteiger partial charge >= 0.3 is 0 Å². The minimum Gasteiger partial charge on any atom is -0.298 e. The van der Waals surface area contributed by atoms with E-state index in [1.165, 1.54) is 6.20 Å². The van der Waals surface area contributed by atoms with Gasteiger partial charge in [0.25, 0.3) is 0 Å². The number of hydrogen-bond donors (Lipinski definition) is 0. The second-order valence-corrected chi connectivity index (χ2v) is 2.37. The SMILES string of the molecule is C=C(C)c1ccc(C=O)cn1. The average Bonchev–Trinajstić information content (AvgIpc) is 2.05. The summed E-state index contributed by atoms with van der Waals surface area (Å²) >= 11 is 0. The van der Waals surface area contributed by atoms with Gasteiger partial charge in [-0.3, -0.25) is 9.78 Å². The van der Waals surface area contributed by atoms with Crippen LogP contribution in [-0.4, -0.2) is 11.3 Å². The number of pyridine rings is 1. The predicted molar refractivity (Wildman–Crippen MR) is 44.3 cm³/mol. The van der Waals surface area contributed by atoms with Crippen molar-refractivity contribution in [3.8, 4) is 0 Å². The zero-order valence-electron chi connectivity index (χ0n) is 6.37. The molecular formula is C9H9NO. The monoisotopic (exact) mass is 147 g/mol. The van der Waals surface area contributed by atoms with E-state index < -0.39 is 0 Å². The first-order valence-corrected chi connectivity index (χ1v) is 3.31. The van der Waals surface area contributed by atoms with Crippen LogP contribution in [-0.2, 0) is 0 Å². The van der Waals surface area contributed by atoms with Gasteiger partial charge in [0.2, 0.25) is 0 Å². The van der Waals surface area contributed by atoms with E-state index in [1.54, 1.807) is 12.1 Å². The Balaban J connectivity index is 3.00. The molecule has 0 N–H and O–H groups in total. The highest BCUT2D eigenvalue weighted by molar-refractivity contribution is 5.74. The largest absolute Gasteiger partial charge is 0.298 e. The van der Waals surface area contributed by atoms with Crippen LogP contribution in [0.4, 0.5) is 0 Å². The lowest BCUT2D eigenvalue weighted by Gasteiger charge is -1.96. The van der Waals surface area contributed by atoms with Crippen molar-refractivity contribution in [1.82, 2.24) is 4.98 Å². The topological polar surface area (TPSA) is 30.0 Å². The maximum atomic E-state index is 10.2. The molecule has 0 aromatic carbocycles. The second kappa shape index (κ2) is 3.10. The van der Waals surface area contributed by atoms with Gasteiger partial charge in [-0.15, -0.1) is 0 Å². The molecule has 0 aliphatic rings. The smallest absolute Gasteiger partial charge is 0.151 e. The number of carbonyl (C=O) groups is 1. The van der Waals surface area contributed by atoms with Gasteiger partial charge in [0, 0.05) is 11.8 Å². The molecule has 0 spiro atoms. The summed E-state index contributed by atoms with van der Waals surface area (Å²) in [7, 11) is 0. The highest BCUT2D eigenvalue weighted by Crippen LogP contribution is 2.07. The van der Waals surface area contributed by atoms with E-state index in [9.17, 15) is 4.79 Å².